The molecule has 108 valence electrons. The van der Waals surface area contributed by atoms with Gasteiger partial charge in [0.1, 0.15) is 17.1 Å². The van der Waals surface area contributed by atoms with Gasteiger partial charge in [-0.2, -0.15) is 0 Å². The highest BCUT2D eigenvalue weighted by atomic mass is 16.5. The fourth-order valence-corrected chi connectivity index (χ4v) is 2.05. The highest BCUT2D eigenvalue weighted by Crippen LogP contribution is 2.38. The monoisotopic (exact) mass is 276 g/mol. The largest absolute Gasteiger partial charge is 0.496 e. The fraction of sp³-hybridized carbons (Fsp3) is 0.400. The van der Waals surface area contributed by atoms with E-state index in [9.17, 15) is 0 Å². The van der Waals surface area contributed by atoms with Gasteiger partial charge in [-0.3, -0.25) is 0 Å². The van der Waals surface area contributed by atoms with Gasteiger partial charge in [-0.25, -0.2) is 4.98 Å². The first-order valence-electron chi connectivity index (χ1n) is 6.60. The van der Waals surface area contributed by atoms with E-state index in [0.717, 1.165) is 30.8 Å². The van der Waals surface area contributed by atoms with Gasteiger partial charge >= 0.3 is 0 Å². The first-order chi connectivity index (χ1) is 9.80. The minimum Gasteiger partial charge on any atom is -0.496 e. The standard InChI is InChI=1S/C15H20N2O3/c1-16-9-5-8-14-17-10-13(20-14)15-11(18-2)6-4-7-12(15)19-3/h4,6-7,10,16H,5,8-9H2,1-3H3. The predicted molar refractivity (Wildman–Crippen MR) is 77.3 cm³/mol. The average molecular weight is 276 g/mol. The molecular weight excluding hydrogens is 256 g/mol. The highest BCUT2D eigenvalue weighted by Gasteiger charge is 2.16. The summed E-state index contributed by atoms with van der Waals surface area (Å²) < 4.78 is 16.5. The third kappa shape index (κ3) is 3.11. The van der Waals surface area contributed by atoms with Crippen molar-refractivity contribution in [1.82, 2.24) is 10.3 Å². The third-order valence-corrected chi connectivity index (χ3v) is 3.05. The molecule has 1 heterocycles. The maximum Gasteiger partial charge on any atom is 0.194 e. The van der Waals surface area contributed by atoms with Gasteiger partial charge in [0.15, 0.2) is 11.7 Å². The number of rotatable bonds is 7. The van der Waals surface area contributed by atoms with E-state index in [1.807, 2.05) is 25.2 Å². The Morgan fingerprint density at radius 3 is 2.50 bits per heavy atom. The molecule has 5 heteroatoms. The normalized spacial score (nSPS) is 10.6. The Morgan fingerprint density at radius 2 is 1.90 bits per heavy atom. The van der Waals surface area contributed by atoms with Crippen LogP contribution in [0.2, 0.25) is 0 Å². The molecule has 0 fully saturated rings. The van der Waals surface area contributed by atoms with Crippen molar-refractivity contribution in [3.8, 4) is 22.8 Å². The van der Waals surface area contributed by atoms with E-state index in [1.165, 1.54) is 0 Å². The number of hydrogen-bond acceptors (Lipinski definition) is 5. The van der Waals surface area contributed by atoms with Crippen LogP contribution in [0.5, 0.6) is 11.5 Å². The van der Waals surface area contributed by atoms with Crippen LogP contribution in [0.25, 0.3) is 11.3 Å². The molecule has 0 aliphatic rings. The summed E-state index contributed by atoms with van der Waals surface area (Å²) in [4.78, 5) is 4.31. The third-order valence-electron chi connectivity index (χ3n) is 3.05. The topological polar surface area (TPSA) is 56.5 Å². The van der Waals surface area contributed by atoms with Crippen LogP contribution in [0, 0.1) is 0 Å². The van der Waals surface area contributed by atoms with Crippen LogP contribution in [0.15, 0.2) is 28.8 Å². The highest BCUT2D eigenvalue weighted by molar-refractivity contribution is 5.72. The summed E-state index contributed by atoms with van der Waals surface area (Å²) in [7, 11) is 5.19. The molecule has 1 aromatic heterocycles. The molecule has 2 aromatic rings. The van der Waals surface area contributed by atoms with E-state index < -0.39 is 0 Å². The molecule has 0 unspecified atom stereocenters. The van der Waals surface area contributed by atoms with E-state index in [0.29, 0.717) is 17.3 Å². The lowest BCUT2D eigenvalue weighted by molar-refractivity contribution is 0.393. The SMILES string of the molecule is CNCCCc1ncc(-c2c(OC)cccc2OC)o1. The van der Waals surface area contributed by atoms with Crippen LogP contribution in [0.1, 0.15) is 12.3 Å². The van der Waals surface area contributed by atoms with Crippen molar-refractivity contribution >= 4 is 0 Å². The van der Waals surface area contributed by atoms with Crippen LogP contribution in [0.4, 0.5) is 0 Å². The van der Waals surface area contributed by atoms with Crippen LogP contribution in [0.3, 0.4) is 0 Å². The molecule has 1 aromatic carbocycles. The van der Waals surface area contributed by atoms with Crippen LogP contribution in [-0.4, -0.2) is 32.8 Å². The number of aromatic nitrogens is 1. The molecule has 0 saturated carbocycles. The van der Waals surface area contributed by atoms with E-state index >= 15 is 0 Å². The Hall–Kier alpha value is -2.01. The van der Waals surface area contributed by atoms with Gasteiger partial charge in [-0.15, -0.1) is 0 Å². The molecule has 5 nitrogen and oxygen atoms in total. The van der Waals surface area contributed by atoms with Gasteiger partial charge in [-0.05, 0) is 32.1 Å². The summed E-state index contributed by atoms with van der Waals surface area (Å²) >= 11 is 0. The Bertz CT molecular complexity index is 530. The van der Waals surface area contributed by atoms with E-state index in [-0.39, 0.29) is 0 Å². The molecule has 0 radical (unpaired) electrons. The number of ether oxygens (including phenoxy) is 2. The Balaban J connectivity index is 2.27. The summed E-state index contributed by atoms with van der Waals surface area (Å²) in [6.45, 7) is 0.940. The molecule has 0 atom stereocenters. The Kier molecular flexibility index (Phi) is 5.01. The number of benzene rings is 1. The number of nitrogens with one attached hydrogen (secondary N) is 1. The van der Waals surface area contributed by atoms with Crippen molar-refractivity contribution in [2.75, 3.05) is 27.8 Å². The summed E-state index contributed by atoms with van der Waals surface area (Å²) in [5.74, 6) is 2.81. The van der Waals surface area contributed by atoms with Crippen molar-refractivity contribution in [2.45, 2.75) is 12.8 Å². The second-order valence-electron chi connectivity index (χ2n) is 4.36. The summed E-state index contributed by atoms with van der Waals surface area (Å²) in [6, 6.07) is 5.63. The lowest BCUT2D eigenvalue weighted by Crippen LogP contribution is -2.08. The molecule has 0 aliphatic carbocycles. The quantitative estimate of drug-likeness (QED) is 0.787. The lowest BCUT2D eigenvalue weighted by atomic mass is 10.1. The first kappa shape index (κ1) is 14.4. The second kappa shape index (κ2) is 6.96. The molecular formula is C15H20N2O3. The van der Waals surface area contributed by atoms with Crippen molar-refractivity contribution < 1.29 is 13.9 Å². The summed E-state index contributed by atoms with van der Waals surface area (Å²) in [5, 5.41) is 3.10. The van der Waals surface area contributed by atoms with Gasteiger partial charge in [0.25, 0.3) is 0 Å². The Morgan fingerprint density at radius 1 is 1.20 bits per heavy atom. The molecule has 2 rings (SSSR count). The molecule has 0 aliphatic heterocycles. The van der Waals surface area contributed by atoms with Gasteiger partial charge in [0.2, 0.25) is 0 Å². The lowest BCUT2D eigenvalue weighted by Gasteiger charge is -2.10. The maximum atomic E-state index is 5.80. The van der Waals surface area contributed by atoms with Gasteiger partial charge < -0.3 is 19.2 Å². The second-order valence-corrected chi connectivity index (χ2v) is 4.36. The fourth-order valence-electron chi connectivity index (χ4n) is 2.05. The summed E-state index contributed by atoms with van der Waals surface area (Å²) in [5.41, 5.74) is 0.796. The van der Waals surface area contributed by atoms with Crippen molar-refractivity contribution in [1.29, 1.82) is 0 Å². The Labute approximate surface area is 118 Å². The number of hydrogen-bond donors (Lipinski definition) is 1. The minimum absolute atomic E-state index is 0.666. The average Bonchev–Trinajstić information content (AvgIpc) is 2.95. The zero-order valence-corrected chi connectivity index (χ0v) is 12.1. The van der Waals surface area contributed by atoms with Crippen molar-refractivity contribution in [3.05, 3.63) is 30.3 Å². The summed E-state index contributed by atoms with van der Waals surface area (Å²) in [6.07, 6.45) is 3.51. The zero-order valence-electron chi connectivity index (χ0n) is 12.1. The van der Waals surface area contributed by atoms with Crippen molar-refractivity contribution in [2.24, 2.45) is 0 Å². The van der Waals surface area contributed by atoms with Crippen LogP contribution < -0.4 is 14.8 Å². The molecule has 0 spiro atoms. The van der Waals surface area contributed by atoms with E-state index in [2.05, 4.69) is 10.3 Å². The van der Waals surface area contributed by atoms with Crippen LogP contribution in [-0.2, 0) is 6.42 Å². The van der Waals surface area contributed by atoms with E-state index in [1.54, 1.807) is 20.4 Å². The number of aryl methyl sites for hydroxylation is 1. The van der Waals surface area contributed by atoms with Gasteiger partial charge in [0.05, 0.1) is 20.4 Å². The molecule has 0 amide bonds. The predicted octanol–water partition coefficient (Wildman–Crippen LogP) is 2.51. The number of oxazole rings is 1. The number of nitrogens with zero attached hydrogens (tertiary/aromatic N) is 1. The van der Waals surface area contributed by atoms with E-state index in [4.69, 9.17) is 13.9 Å². The molecule has 0 saturated heterocycles. The first-order valence-corrected chi connectivity index (χ1v) is 6.60. The van der Waals surface area contributed by atoms with Crippen LogP contribution >= 0.6 is 0 Å². The molecule has 20 heavy (non-hydrogen) atoms. The number of methoxy groups -OCH3 is 2. The molecule has 1 N–H and O–H groups in total. The minimum atomic E-state index is 0.666. The maximum absolute atomic E-state index is 5.80. The van der Waals surface area contributed by atoms with Crippen molar-refractivity contribution in [3.63, 3.8) is 0 Å². The zero-order chi connectivity index (χ0) is 14.4. The smallest absolute Gasteiger partial charge is 0.194 e. The molecule has 0 bridgehead atoms. The van der Waals surface area contributed by atoms with Gasteiger partial charge in [0, 0.05) is 6.42 Å². The van der Waals surface area contributed by atoms with Gasteiger partial charge in [-0.1, -0.05) is 6.07 Å².